The van der Waals surface area contributed by atoms with E-state index < -0.39 is 28.8 Å². The first-order valence-corrected chi connectivity index (χ1v) is 15.1. The highest BCUT2D eigenvalue weighted by molar-refractivity contribution is 7.94. The lowest BCUT2D eigenvalue weighted by molar-refractivity contribution is 0.211. The summed E-state index contributed by atoms with van der Waals surface area (Å²) < 4.78 is 60.7. The van der Waals surface area contributed by atoms with Crippen molar-refractivity contribution >= 4 is 23.8 Å². The predicted octanol–water partition coefficient (Wildman–Crippen LogP) is 7.18. The molecule has 0 bridgehead atoms. The highest BCUT2D eigenvalue weighted by Gasteiger charge is 2.45. The molecule has 0 aliphatic rings. The van der Waals surface area contributed by atoms with E-state index in [2.05, 4.69) is 19.1 Å². The van der Waals surface area contributed by atoms with Gasteiger partial charge in [-0.25, -0.2) is 0 Å². The van der Waals surface area contributed by atoms with E-state index in [1.54, 1.807) is 39.8 Å². The standard InChI is InChI=1S/C26H37O7PS/c1-6-10-22-13-17-24(18-14-22)32-25-19-15-23(16-20-25)11-9-12-26(35(28,29)33-21(4)5)34(27,30-7-2)31-8-3/h9,11,13-21,26H,6-8,10,12H2,1-5H3/b11-9+. The van der Waals surface area contributed by atoms with Crippen LogP contribution in [0.4, 0.5) is 0 Å². The maximum Gasteiger partial charge on any atom is 0.351 e. The van der Waals surface area contributed by atoms with Crippen molar-refractivity contribution in [2.24, 2.45) is 0 Å². The Labute approximate surface area is 210 Å². The highest BCUT2D eigenvalue weighted by atomic mass is 32.2. The molecule has 0 heterocycles. The normalized spacial score (nSPS) is 13.4. The molecule has 0 radical (unpaired) electrons. The molecule has 0 N–H and O–H groups in total. The van der Waals surface area contributed by atoms with E-state index in [1.807, 2.05) is 36.4 Å². The zero-order valence-corrected chi connectivity index (χ0v) is 22.9. The van der Waals surface area contributed by atoms with Crippen molar-refractivity contribution in [3.63, 3.8) is 0 Å². The second kappa shape index (κ2) is 14.0. The lowest BCUT2D eigenvalue weighted by Crippen LogP contribution is -2.27. The van der Waals surface area contributed by atoms with Crippen molar-refractivity contribution in [3.05, 3.63) is 65.7 Å². The molecule has 0 aromatic heterocycles. The van der Waals surface area contributed by atoms with E-state index in [4.69, 9.17) is 18.0 Å². The quantitative estimate of drug-likeness (QED) is 0.180. The van der Waals surface area contributed by atoms with Crippen LogP contribution in [-0.4, -0.2) is 32.7 Å². The van der Waals surface area contributed by atoms with Crippen LogP contribution in [0.5, 0.6) is 11.5 Å². The van der Waals surface area contributed by atoms with E-state index in [0.29, 0.717) is 5.75 Å². The van der Waals surface area contributed by atoms with Crippen LogP contribution in [0.1, 0.15) is 58.6 Å². The Morgan fingerprint density at radius 3 is 1.91 bits per heavy atom. The Bertz CT molecular complexity index is 1070. The summed E-state index contributed by atoms with van der Waals surface area (Å²) >= 11 is 0. The smallest absolute Gasteiger partial charge is 0.351 e. The topological polar surface area (TPSA) is 88.1 Å². The third-order valence-electron chi connectivity index (χ3n) is 4.86. The summed E-state index contributed by atoms with van der Waals surface area (Å²) in [5.74, 6) is 1.45. The van der Waals surface area contributed by atoms with Gasteiger partial charge in [0, 0.05) is 0 Å². The molecular weight excluding hydrogens is 487 g/mol. The third-order valence-corrected chi connectivity index (χ3v) is 10.1. The molecule has 0 fully saturated rings. The number of benzene rings is 2. The van der Waals surface area contributed by atoms with Gasteiger partial charge >= 0.3 is 7.60 Å². The fourth-order valence-electron chi connectivity index (χ4n) is 3.42. The minimum atomic E-state index is -4.21. The predicted molar refractivity (Wildman–Crippen MR) is 140 cm³/mol. The molecule has 7 nitrogen and oxygen atoms in total. The van der Waals surface area contributed by atoms with Gasteiger partial charge in [0.15, 0.2) is 4.99 Å². The fourth-order valence-corrected chi connectivity index (χ4v) is 7.71. The van der Waals surface area contributed by atoms with Crippen molar-refractivity contribution in [3.8, 4) is 11.5 Å². The van der Waals surface area contributed by atoms with Gasteiger partial charge in [-0.3, -0.25) is 8.75 Å². The molecular formula is C26H37O7PS. The monoisotopic (exact) mass is 524 g/mol. The summed E-state index contributed by atoms with van der Waals surface area (Å²) in [6.07, 6.45) is 4.84. The Hall–Kier alpha value is -1.96. The molecule has 1 atom stereocenters. The number of hydrogen-bond acceptors (Lipinski definition) is 7. The minimum Gasteiger partial charge on any atom is -0.457 e. The average molecular weight is 525 g/mol. The zero-order chi connectivity index (χ0) is 25.9. The number of rotatable bonds is 15. The number of ether oxygens (including phenoxy) is 1. The van der Waals surface area contributed by atoms with E-state index in [0.717, 1.165) is 24.2 Å². The van der Waals surface area contributed by atoms with Crippen molar-refractivity contribution in [2.45, 2.75) is 65.0 Å². The molecule has 0 saturated heterocycles. The maximum absolute atomic E-state index is 13.3. The third kappa shape index (κ3) is 9.21. The highest BCUT2D eigenvalue weighted by Crippen LogP contribution is 2.56. The first-order valence-electron chi connectivity index (χ1n) is 12.0. The van der Waals surface area contributed by atoms with Gasteiger partial charge in [0.25, 0.3) is 10.1 Å². The van der Waals surface area contributed by atoms with Gasteiger partial charge in [0.2, 0.25) is 0 Å². The van der Waals surface area contributed by atoms with Crippen LogP contribution in [0.2, 0.25) is 0 Å². The second-order valence-corrected chi connectivity index (χ2v) is 12.5. The Balaban J connectivity index is 2.14. The maximum atomic E-state index is 13.3. The Kier molecular flexibility index (Phi) is 11.7. The Morgan fingerprint density at radius 2 is 1.43 bits per heavy atom. The van der Waals surface area contributed by atoms with Crippen molar-refractivity contribution in [1.29, 1.82) is 0 Å². The summed E-state index contributed by atoms with van der Waals surface area (Å²) in [6.45, 7) is 8.72. The van der Waals surface area contributed by atoms with Crippen LogP contribution in [0.25, 0.3) is 6.08 Å². The van der Waals surface area contributed by atoms with Gasteiger partial charge in [-0.2, -0.15) is 8.42 Å². The largest absolute Gasteiger partial charge is 0.457 e. The lowest BCUT2D eigenvalue weighted by Gasteiger charge is -2.25. The zero-order valence-electron chi connectivity index (χ0n) is 21.2. The summed E-state index contributed by atoms with van der Waals surface area (Å²) in [7, 11) is -8.18. The SMILES string of the molecule is CCCc1ccc(Oc2ccc(/C=C/CC(P(=O)(OCC)OCC)S(=O)(=O)OC(C)C)cc2)cc1. The molecule has 0 amide bonds. The Morgan fingerprint density at radius 1 is 0.886 bits per heavy atom. The number of aryl methyl sites for hydroxylation is 1. The number of hydrogen-bond donors (Lipinski definition) is 0. The van der Waals surface area contributed by atoms with Gasteiger partial charge in [-0.15, -0.1) is 0 Å². The van der Waals surface area contributed by atoms with Crippen LogP contribution >= 0.6 is 7.60 Å². The first kappa shape index (κ1) is 29.3. The van der Waals surface area contributed by atoms with Crippen LogP contribution in [-0.2, 0) is 34.3 Å². The van der Waals surface area contributed by atoms with Gasteiger partial charge in [-0.1, -0.05) is 49.8 Å². The summed E-state index contributed by atoms with van der Waals surface area (Å²) in [5.41, 5.74) is 2.11. The molecule has 2 aromatic carbocycles. The molecule has 0 aliphatic carbocycles. The van der Waals surface area contributed by atoms with Crippen molar-refractivity contribution in [2.75, 3.05) is 13.2 Å². The van der Waals surface area contributed by atoms with Gasteiger partial charge in [-0.05, 0) is 75.9 Å². The molecule has 1 unspecified atom stereocenters. The van der Waals surface area contributed by atoms with Crippen molar-refractivity contribution in [1.82, 2.24) is 0 Å². The molecule has 194 valence electrons. The first-order chi connectivity index (χ1) is 16.6. The summed E-state index contributed by atoms with van der Waals surface area (Å²) in [4.78, 5) is -1.47. The molecule has 0 aliphatic heterocycles. The fraction of sp³-hybridized carbons (Fsp3) is 0.462. The van der Waals surface area contributed by atoms with Crippen molar-refractivity contribution < 1.29 is 31.0 Å². The molecule has 0 spiro atoms. The van der Waals surface area contributed by atoms with Crippen LogP contribution < -0.4 is 4.74 Å². The van der Waals surface area contributed by atoms with Crippen LogP contribution in [0.15, 0.2) is 54.6 Å². The van der Waals surface area contributed by atoms with Crippen LogP contribution in [0.3, 0.4) is 0 Å². The number of allylic oxidation sites excluding steroid dienone is 1. The minimum absolute atomic E-state index is 0.0531. The summed E-state index contributed by atoms with van der Waals surface area (Å²) in [6, 6.07) is 15.4. The van der Waals surface area contributed by atoms with Gasteiger partial charge < -0.3 is 13.8 Å². The molecule has 2 aromatic rings. The molecule has 2 rings (SSSR count). The van der Waals surface area contributed by atoms with E-state index in [-0.39, 0.29) is 19.6 Å². The van der Waals surface area contributed by atoms with E-state index in [9.17, 15) is 13.0 Å². The second-order valence-electron chi connectivity index (χ2n) is 8.17. The molecule has 35 heavy (non-hydrogen) atoms. The van der Waals surface area contributed by atoms with Gasteiger partial charge in [0.05, 0.1) is 19.3 Å². The van der Waals surface area contributed by atoms with E-state index in [1.165, 1.54) is 5.56 Å². The molecule has 0 saturated carbocycles. The van der Waals surface area contributed by atoms with Crippen LogP contribution in [0, 0.1) is 0 Å². The van der Waals surface area contributed by atoms with E-state index >= 15 is 0 Å². The van der Waals surface area contributed by atoms with Gasteiger partial charge in [0.1, 0.15) is 11.5 Å². The molecule has 9 heteroatoms. The lowest BCUT2D eigenvalue weighted by atomic mass is 10.1. The average Bonchev–Trinajstić information content (AvgIpc) is 2.78. The summed E-state index contributed by atoms with van der Waals surface area (Å²) in [5, 5.41) is 0.